The van der Waals surface area contributed by atoms with Crippen LogP contribution in [0.3, 0.4) is 0 Å². The van der Waals surface area contributed by atoms with Gasteiger partial charge >= 0.3 is 0 Å². The highest BCUT2D eigenvalue weighted by molar-refractivity contribution is 5.97. The molecule has 1 fully saturated rings. The van der Waals surface area contributed by atoms with Crippen molar-refractivity contribution in [3.63, 3.8) is 0 Å². The Bertz CT molecular complexity index is 2700. The Balaban J connectivity index is 1.05. The maximum Gasteiger partial charge on any atom is 0.246 e. The summed E-state index contributed by atoms with van der Waals surface area (Å²) in [7, 11) is 1.49. The lowest BCUT2D eigenvalue weighted by molar-refractivity contribution is -0.143. The first kappa shape index (κ1) is 52.7. The summed E-state index contributed by atoms with van der Waals surface area (Å²) in [5.41, 5.74) is 18.4. The van der Waals surface area contributed by atoms with Crippen LogP contribution in [0.15, 0.2) is 109 Å². The zero-order valence-corrected chi connectivity index (χ0v) is 41.9. The van der Waals surface area contributed by atoms with Crippen molar-refractivity contribution >= 4 is 46.2 Å². The van der Waals surface area contributed by atoms with Crippen LogP contribution >= 0.6 is 0 Å². The van der Waals surface area contributed by atoms with Crippen LogP contribution in [0.2, 0.25) is 0 Å². The zero-order chi connectivity index (χ0) is 51.5. The lowest BCUT2D eigenvalue weighted by Gasteiger charge is -2.32. The number of carbonyl (C=O) groups is 6. The van der Waals surface area contributed by atoms with E-state index in [9.17, 15) is 33.9 Å². The van der Waals surface area contributed by atoms with Gasteiger partial charge in [-0.05, 0) is 147 Å². The average Bonchev–Trinajstić information content (AvgIpc) is 3.49. The zero-order valence-electron chi connectivity index (χ0n) is 41.9. The molecule has 15 nitrogen and oxygen atoms in total. The number of hydrogen-bond donors (Lipinski definition) is 6. The Morgan fingerprint density at radius 1 is 0.806 bits per heavy atom. The number of nitrogens with one attached hydrogen (secondary N) is 3. The highest BCUT2D eigenvalue weighted by Crippen LogP contribution is 2.29. The molecule has 72 heavy (non-hydrogen) atoms. The molecule has 7 rings (SSSR count). The van der Waals surface area contributed by atoms with Crippen LogP contribution in [0.1, 0.15) is 71.6 Å². The van der Waals surface area contributed by atoms with Gasteiger partial charge in [-0.3, -0.25) is 28.8 Å². The van der Waals surface area contributed by atoms with Crippen LogP contribution in [-0.2, 0) is 61.0 Å². The van der Waals surface area contributed by atoms with Gasteiger partial charge in [0.15, 0.2) is 0 Å². The summed E-state index contributed by atoms with van der Waals surface area (Å²) >= 11 is 0. The Labute approximate surface area is 422 Å². The van der Waals surface area contributed by atoms with Crippen molar-refractivity contribution in [3.05, 3.63) is 148 Å². The number of primary amides is 1. The van der Waals surface area contributed by atoms with E-state index < -0.39 is 72.2 Å². The van der Waals surface area contributed by atoms with Crippen molar-refractivity contribution in [3.8, 4) is 5.75 Å². The normalized spacial score (nSPS) is 16.9. The number of fused-ring (bicyclic) bond motifs is 3. The number of nitrogens with two attached hydrogens (primary N) is 2. The fourth-order valence-electron chi connectivity index (χ4n) is 10.2. The Hall–Kier alpha value is -7.10. The molecule has 0 saturated carbocycles. The second-order valence-corrected chi connectivity index (χ2v) is 19.8. The van der Waals surface area contributed by atoms with Gasteiger partial charge in [0.2, 0.25) is 35.4 Å². The number of hydrogen-bond acceptors (Lipinski definition) is 9. The third-order valence-corrected chi connectivity index (χ3v) is 14.5. The van der Waals surface area contributed by atoms with Crippen LogP contribution in [0.25, 0.3) is 10.8 Å². The molecule has 1 saturated heterocycles. The molecular formula is C57H70N8O7. The number of benzene rings is 5. The van der Waals surface area contributed by atoms with Gasteiger partial charge < -0.3 is 47.2 Å². The second-order valence-electron chi connectivity index (χ2n) is 19.8. The van der Waals surface area contributed by atoms with Crippen LogP contribution in [0.4, 0.5) is 0 Å². The molecule has 0 radical (unpaired) electrons. The quantitative estimate of drug-likeness (QED) is 0.0651. The lowest BCUT2D eigenvalue weighted by atomic mass is 9.90. The van der Waals surface area contributed by atoms with Gasteiger partial charge in [-0.2, -0.15) is 0 Å². The maximum absolute atomic E-state index is 14.7. The number of aryl methyl sites for hydroxylation is 2. The summed E-state index contributed by atoms with van der Waals surface area (Å²) in [6.07, 6.45) is 4.47. The molecule has 2 heterocycles. The maximum atomic E-state index is 14.7. The topological polar surface area (TPSA) is 220 Å². The smallest absolute Gasteiger partial charge is 0.246 e. The third-order valence-electron chi connectivity index (χ3n) is 14.5. The van der Waals surface area contributed by atoms with Gasteiger partial charge in [0.05, 0.1) is 12.6 Å². The molecule has 15 heteroatoms. The van der Waals surface area contributed by atoms with Crippen LogP contribution in [0.5, 0.6) is 5.75 Å². The number of carbonyl (C=O) groups excluding carboxylic acids is 6. The number of phenolic OH excluding ortho intramolecular Hbond substituents is 1. The molecule has 0 spiro atoms. The molecule has 0 aromatic heterocycles. The van der Waals surface area contributed by atoms with E-state index in [0.717, 1.165) is 76.5 Å². The van der Waals surface area contributed by atoms with E-state index in [1.54, 1.807) is 19.1 Å². The van der Waals surface area contributed by atoms with Crippen LogP contribution in [0, 0.1) is 19.8 Å². The summed E-state index contributed by atoms with van der Waals surface area (Å²) in [5.74, 6) is -2.73. The van der Waals surface area contributed by atoms with E-state index >= 15 is 0 Å². The van der Waals surface area contributed by atoms with E-state index in [1.807, 2.05) is 86.6 Å². The van der Waals surface area contributed by atoms with Crippen molar-refractivity contribution < 1.29 is 33.9 Å². The molecule has 6 amide bonds. The molecule has 380 valence electrons. The van der Waals surface area contributed by atoms with Gasteiger partial charge in [-0.1, -0.05) is 97.1 Å². The summed E-state index contributed by atoms with van der Waals surface area (Å²) < 4.78 is 0. The largest absolute Gasteiger partial charge is 0.508 e. The molecule has 0 aliphatic carbocycles. The van der Waals surface area contributed by atoms with Crippen molar-refractivity contribution in [2.45, 2.75) is 109 Å². The van der Waals surface area contributed by atoms with Gasteiger partial charge in [0, 0.05) is 26.4 Å². The minimum atomic E-state index is -1.12. The van der Waals surface area contributed by atoms with E-state index in [-0.39, 0.29) is 38.0 Å². The first-order chi connectivity index (χ1) is 34.5. The Kier molecular flexibility index (Phi) is 17.8. The van der Waals surface area contributed by atoms with E-state index in [1.165, 1.54) is 22.4 Å². The summed E-state index contributed by atoms with van der Waals surface area (Å²) in [4.78, 5) is 88.7. The summed E-state index contributed by atoms with van der Waals surface area (Å²) in [6.45, 7) is 7.40. The predicted octanol–water partition coefficient (Wildman–Crippen LogP) is 4.38. The SMILES string of the molecule is Cc1cc(O)cc(C)c1C[C@H](N)C(=O)N(C)[C@H](C)C(=O)N[C@H]1Cc2c(ccc3ccccc23)CN(CC(=O)N[C@@H](CCCN2CCC(Cc3ccccc3)CC2)C(=O)N[C@@H](Cc2ccccc2)C(N)=O)C1=O. The summed E-state index contributed by atoms with van der Waals surface area (Å²) in [6, 6.07) is 29.4. The fraction of sp³-hybridized carbons (Fsp3) is 0.404. The van der Waals surface area contributed by atoms with Gasteiger partial charge in [-0.15, -0.1) is 0 Å². The molecule has 2 aliphatic rings. The van der Waals surface area contributed by atoms with E-state index in [2.05, 4.69) is 45.1 Å². The predicted molar refractivity (Wildman–Crippen MR) is 278 cm³/mol. The van der Waals surface area contributed by atoms with Crippen LogP contribution in [-0.4, -0.2) is 119 Å². The minimum absolute atomic E-state index is 0.0512. The lowest BCUT2D eigenvalue weighted by Crippen LogP contribution is -2.57. The number of nitrogens with zero attached hydrogens (tertiary/aromatic N) is 3. The number of likely N-dealkylation sites (tertiary alicyclic amines) is 1. The fourth-order valence-corrected chi connectivity index (χ4v) is 10.2. The number of piperidine rings is 1. The molecule has 5 atom stereocenters. The molecular weight excluding hydrogens is 909 g/mol. The van der Waals surface area contributed by atoms with Crippen molar-refractivity contribution in [2.24, 2.45) is 17.4 Å². The second kappa shape index (κ2) is 24.3. The molecule has 2 aliphatic heterocycles. The minimum Gasteiger partial charge on any atom is -0.508 e. The Morgan fingerprint density at radius 3 is 2.11 bits per heavy atom. The number of likely N-dealkylation sites (N-methyl/N-ethyl adjacent to an activating group) is 1. The van der Waals surface area contributed by atoms with E-state index in [0.29, 0.717) is 18.9 Å². The number of amides is 6. The first-order valence-corrected chi connectivity index (χ1v) is 25.1. The molecule has 8 N–H and O–H groups in total. The molecule has 5 aromatic carbocycles. The van der Waals surface area contributed by atoms with Gasteiger partial charge in [0.1, 0.15) is 29.9 Å². The van der Waals surface area contributed by atoms with Crippen molar-refractivity contribution in [1.29, 1.82) is 0 Å². The average molecular weight is 979 g/mol. The number of phenols is 1. The molecule has 0 unspecified atom stereocenters. The van der Waals surface area contributed by atoms with Crippen molar-refractivity contribution in [1.82, 2.24) is 30.7 Å². The highest BCUT2D eigenvalue weighted by atomic mass is 16.3. The van der Waals surface area contributed by atoms with Gasteiger partial charge in [-0.25, -0.2) is 0 Å². The number of rotatable bonds is 20. The molecule has 5 aromatic rings. The van der Waals surface area contributed by atoms with Gasteiger partial charge in [0.25, 0.3) is 0 Å². The highest BCUT2D eigenvalue weighted by Gasteiger charge is 2.36. The van der Waals surface area contributed by atoms with E-state index in [4.69, 9.17) is 11.5 Å². The third kappa shape index (κ3) is 13.6. The molecule has 0 bridgehead atoms. The standard InChI is InChI=1S/C57H70N8O7/c1-36-28-44(66)29-37(2)46(36)32-48(58)56(71)63(4)38(3)54(69)62-51-33-47-43(22-21-42-18-11-12-19-45(42)47)34-65(57(51)72)35-52(67)60-49(55(70)61-50(53(59)68)31-40-16-9-6-10-17-40)20-13-25-64-26-23-41(24-27-64)30-39-14-7-5-8-15-39/h5-12,14-19,21-22,28-29,38,41,48-51,66H,13,20,23-27,30-35,58H2,1-4H3,(H2,59,68)(H,60,67)(H,61,70)(H,62,69)/t38-,48+,49+,50+,51+/m1/s1. The monoisotopic (exact) mass is 979 g/mol. The summed E-state index contributed by atoms with van der Waals surface area (Å²) in [5, 5.41) is 20.5. The first-order valence-electron chi connectivity index (χ1n) is 25.1. The van der Waals surface area contributed by atoms with Crippen molar-refractivity contribution in [2.75, 3.05) is 33.2 Å². The Morgan fingerprint density at radius 2 is 1.44 bits per heavy atom. The number of aromatic hydroxyl groups is 1. The van der Waals surface area contributed by atoms with Crippen LogP contribution < -0.4 is 27.4 Å².